The molecule has 1 fully saturated rings. The molecule has 1 heterocycles. The normalized spacial score (nSPS) is 17.9. The Balaban J connectivity index is 2.17. The molecule has 19 heavy (non-hydrogen) atoms. The third-order valence-corrected chi connectivity index (χ3v) is 2.82. The van der Waals surface area contributed by atoms with Gasteiger partial charge >= 0.3 is 5.97 Å². The Hall–Kier alpha value is -2.44. The fraction of sp³-hybridized carbons (Fsp3) is 0.250. The van der Waals surface area contributed by atoms with E-state index in [9.17, 15) is 18.8 Å². The van der Waals surface area contributed by atoms with Gasteiger partial charge in [0.05, 0.1) is 17.2 Å². The summed E-state index contributed by atoms with van der Waals surface area (Å²) in [5.41, 5.74) is -0.316. The van der Waals surface area contributed by atoms with Gasteiger partial charge in [0, 0.05) is 13.0 Å². The first-order valence-electron chi connectivity index (χ1n) is 5.58. The van der Waals surface area contributed by atoms with Gasteiger partial charge in [-0.15, -0.1) is 0 Å². The van der Waals surface area contributed by atoms with Gasteiger partial charge in [-0.3, -0.25) is 9.59 Å². The Morgan fingerprint density at radius 1 is 1.42 bits per heavy atom. The quantitative estimate of drug-likeness (QED) is 0.746. The summed E-state index contributed by atoms with van der Waals surface area (Å²) in [6.07, 6.45) is 0.0649. The number of nitrogens with one attached hydrogen (secondary N) is 2. The number of carboxylic acids is 1. The predicted octanol–water partition coefficient (Wildman–Crippen LogP) is 0.599. The Bertz CT molecular complexity index is 559. The zero-order valence-corrected chi connectivity index (χ0v) is 9.77. The van der Waals surface area contributed by atoms with Crippen LogP contribution in [0.1, 0.15) is 16.8 Å². The highest BCUT2D eigenvalue weighted by atomic mass is 19.1. The van der Waals surface area contributed by atoms with Crippen molar-refractivity contribution in [1.82, 2.24) is 5.32 Å². The average Bonchev–Trinajstić information content (AvgIpc) is 2.78. The summed E-state index contributed by atoms with van der Waals surface area (Å²) in [5.74, 6) is -3.27. The molecule has 1 unspecified atom stereocenters. The van der Waals surface area contributed by atoms with Gasteiger partial charge in [-0.05, 0) is 18.2 Å². The molecule has 6 nitrogen and oxygen atoms in total. The van der Waals surface area contributed by atoms with Crippen molar-refractivity contribution in [1.29, 1.82) is 0 Å². The fourth-order valence-electron chi connectivity index (χ4n) is 1.83. The van der Waals surface area contributed by atoms with Gasteiger partial charge in [0.15, 0.2) is 0 Å². The van der Waals surface area contributed by atoms with Crippen molar-refractivity contribution in [2.45, 2.75) is 6.42 Å². The van der Waals surface area contributed by atoms with Crippen molar-refractivity contribution in [3.8, 4) is 0 Å². The second kappa shape index (κ2) is 5.05. The number of amides is 2. The maximum absolute atomic E-state index is 13.0. The number of benzene rings is 1. The summed E-state index contributed by atoms with van der Waals surface area (Å²) in [4.78, 5) is 33.8. The Morgan fingerprint density at radius 2 is 2.16 bits per heavy atom. The van der Waals surface area contributed by atoms with Crippen LogP contribution in [0, 0.1) is 11.7 Å². The second-order valence-electron chi connectivity index (χ2n) is 4.19. The fourth-order valence-corrected chi connectivity index (χ4v) is 1.83. The van der Waals surface area contributed by atoms with Crippen LogP contribution < -0.4 is 10.6 Å². The van der Waals surface area contributed by atoms with Crippen LogP contribution >= 0.6 is 0 Å². The number of hydrogen-bond acceptors (Lipinski definition) is 3. The first-order chi connectivity index (χ1) is 8.97. The third-order valence-electron chi connectivity index (χ3n) is 2.82. The van der Waals surface area contributed by atoms with Crippen LogP contribution in [0.25, 0.3) is 0 Å². The lowest BCUT2D eigenvalue weighted by Gasteiger charge is -2.11. The molecule has 1 aromatic rings. The summed E-state index contributed by atoms with van der Waals surface area (Å²) < 4.78 is 13.0. The lowest BCUT2D eigenvalue weighted by molar-refractivity contribution is -0.123. The maximum atomic E-state index is 13.0. The van der Waals surface area contributed by atoms with Crippen molar-refractivity contribution < 1.29 is 23.9 Å². The standard InChI is InChI=1S/C12H11FN2O4/c13-7-1-2-9(8(4-7)12(18)19)15-11(17)6-3-10(16)14-5-6/h1-2,4,6H,3,5H2,(H,14,16)(H,15,17)(H,18,19). The van der Waals surface area contributed by atoms with E-state index in [0.29, 0.717) is 0 Å². The number of carbonyl (C=O) groups is 3. The first-order valence-corrected chi connectivity index (χ1v) is 5.58. The van der Waals surface area contributed by atoms with Crippen molar-refractivity contribution in [3.05, 3.63) is 29.6 Å². The lowest BCUT2D eigenvalue weighted by Crippen LogP contribution is -2.25. The van der Waals surface area contributed by atoms with Gasteiger partial charge in [0.2, 0.25) is 11.8 Å². The van der Waals surface area contributed by atoms with E-state index in [1.54, 1.807) is 0 Å². The van der Waals surface area contributed by atoms with Gasteiger partial charge in [0.1, 0.15) is 5.82 Å². The van der Waals surface area contributed by atoms with E-state index in [0.717, 1.165) is 12.1 Å². The minimum absolute atomic E-state index is 0.0123. The van der Waals surface area contributed by atoms with E-state index >= 15 is 0 Å². The largest absolute Gasteiger partial charge is 0.478 e. The van der Waals surface area contributed by atoms with E-state index < -0.39 is 23.6 Å². The minimum atomic E-state index is -1.34. The number of carbonyl (C=O) groups excluding carboxylic acids is 2. The number of rotatable bonds is 3. The van der Waals surface area contributed by atoms with Gasteiger partial charge in [-0.2, -0.15) is 0 Å². The Kier molecular flexibility index (Phi) is 3.46. The lowest BCUT2D eigenvalue weighted by atomic mass is 10.1. The van der Waals surface area contributed by atoms with Crippen LogP contribution in [-0.2, 0) is 9.59 Å². The highest BCUT2D eigenvalue weighted by Gasteiger charge is 2.28. The van der Waals surface area contributed by atoms with E-state index in [-0.39, 0.29) is 30.1 Å². The average molecular weight is 266 g/mol. The van der Waals surface area contributed by atoms with Crippen LogP contribution in [0.3, 0.4) is 0 Å². The highest BCUT2D eigenvalue weighted by Crippen LogP contribution is 2.19. The van der Waals surface area contributed by atoms with Gasteiger partial charge < -0.3 is 15.7 Å². The van der Waals surface area contributed by atoms with Crippen LogP contribution in [0.15, 0.2) is 18.2 Å². The molecule has 1 aliphatic rings. The van der Waals surface area contributed by atoms with Gasteiger partial charge in [0.25, 0.3) is 0 Å². The minimum Gasteiger partial charge on any atom is -0.478 e. The molecule has 2 rings (SSSR count). The number of anilines is 1. The number of aromatic carboxylic acids is 1. The molecule has 0 spiro atoms. The molecule has 1 saturated heterocycles. The van der Waals surface area contributed by atoms with Gasteiger partial charge in [-0.25, -0.2) is 9.18 Å². The molecule has 100 valence electrons. The van der Waals surface area contributed by atoms with Crippen LogP contribution in [0.4, 0.5) is 10.1 Å². The smallest absolute Gasteiger partial charge is 0.337 e. The van der Waals surface area contributed by atoms with Crippen molar-refractivity contribution in [3.63, 3.8) is 0 Å². The number of halogens is 1. The summed E-state index contributed by atoms with van der Waals surface area (Å²) in [7, 11) is 0. The van der Waals surface area contributed by atoms with Crippen LogP contribution in [0.5, 0.6) is 0 Å². The van der Waals surface area contributed by atoms with Crippen molar-refractivity contribution in [2.24, 2.45) is 5.92 Å². The first kappa shape index (κ1) is 13.0. The topological polar surface area (TPSA) is 95.5 Å². The summed E-state index contributed by atoms with van der Waals surface area (Å²) >= 11 is 0. The molecule has 0 radical (unpaired) electrons. The Labute approximate surface area is 107 Å². The molecule has 0 aromatic heterocycles. The third kappa shape index (κ3) is 2.87. The predicted molar refractivity (Wildman–Crippen MR) is 63.1 cm³/mol. The second-order valence-corrected chi connectivity index (χ2v) is 4.19. The highest BCUT2D eigenvalue weighted by molar-refractivity contribution is 6.02. The molecule has 3 N–H and O–H groups in total. The number of hydrogen-bond donors (Lipinski definition) is 3. The molecule has 0 bridgehead atoms. The maximum Gasteiger partial charge on any atom is 0.337 e. The van der Waals surface area contributed by atoms with E-state index in [4.69, 9.17) is 5.11 Å². The van der Waals surface area contributed by atoms with Crippen LogP contribution in [0.2, 0.25) is 0 Å². The molecular weight excluding hydrogens is 255 g/mol. The van der Waals surface area contributed by atoms with Gasteiger partial charge in [-0.1, -0.05) is 0 Å². The number of carboxylic acid groups (broad SMARTS) is 1. The van der Waals surface area contributed by atoms with Crippen molar-refractivity contribution in [2.75, 3.05) is 11.9 Å². The summed E-state index contributed by atoms with van der Waals surface area (Å²) in [6, 6.07) is 3.07. The van der Waals surface area contributed by atoms with Crippen molar-refractivity contribution >= 4 is 23.5 Å². The molecule has 1 aromatic carbocycles. The molecule has 7 heteroatoms. The molecule has 0 saturated carbocycles. The Morgan fingerprint density at radius 3 is 2.74 bits per heavy atom. The monoisotopic (exact) mass is 266 g/mol. The zero-order chi connectivity index (χ0) is 14.0. The molecule has 0 aliphatic carbocycles. The molecular formula is C12H11FN2O4. The molecule has 1 atom stereocenters. The summed E-state index contributed by atoms with van der Waals surface area (Å²) in [5, 5.41) is 13.8. The van der Waals surface area contributed by atoms with E-state index in [1.807, 2.05) is 0 Å². The summed E-state index contributed by atoms with van der Waals surface area (Å²) in [6.45, 7) is 0.217. The van der Waals surface area contributed by atoms with Crippen LogP contribution in [-0.4, -0.2) is 29.4 Å². The van der Waals surface area contributed by atoms with E-state index in [1.165, 1.54) is 6.07 Å². The molecule has 1 aliphatic heterocycles. The molecule has 2 amide bonds. The zero-order valence-electron chi connectivity index (χ0n) is 9.77. The SMILES string of the molecule is O=C1CC(C(=O)Nc2ccc(F)cc2C(=O)O)CN1. The van der Waals surface area contributed by atoms with E-state index in [2.05, 4.69) is 10.6 Å².